The normalized spacial score (nSPS) is 11.2. The van der Waals surface area contributed by atoms with Crippen molar-refractivity contribution in [1.82, 2.24) is 0 Å². The number of benzene rings is 2. The van der Waals surface area contributed by atoms with Crippen molar-refractivity contribution < 1.29 is 65.5 Å². The smallest absolute Gasteiger partial charge is 0.716 e. The largest absolute Gasteiger partial charge is 1.00 e. The van der Waals surface area contributed by atoms with Crippen LogP contribution in [0.15, 0.2) is 34.7 Å². The Hall–Kier alpha value is -1.91. The fraction of sp³-hybridized carbons (Fsp3) is 0.125. The first-order valence-corrected chi connectivity index (χ1v) is 8.33. The van der Waals surface area contributed by atoms with Crippen LogP contribution in [-0.2, 0) is 15.2 Å². The third-order valence-corrected chi connectivity index (χ3v) is 3.75. The minimum Gasteiger partial charge on any atom is -0.716 e. The number of furan rings is 1. The fourth-order valence-corrected chi connectivity index (χ4v) is 2.87. The molecule has 0 aliphatic heterocycles. The second-order valence-electron chi connectivity index (χ2n) is 5.20. The van der Waals surface area contributed by atoms with E-state index in [0.717, 1.165) is 0 Å². The summed E-state index contributed by atoms with van der Waals surface area (Å²) in [7, 11) is -5.09. The molecule has 3 aromatic rings. The van der Waals surface area contributed by atoms with Gasteiger partial charge in [0.05, 0.1) is 5.39 Å². The van der Waals surface area contributed by atoms with Crippen LogP contribution in [0.2, 0.25) is 0 Å². The van der Waals surface area contributed by atoms with Crippen LogP contribution >= 0.6 is 0 Å². The van der Waals surface area contributed by atoms with Gasteiger partial charge in [-0.2, -0.15) is 0 Å². The number of Topliss-reactive ketones (excluding diaryl/α,β-unsaturated/α-hetero) is 1. The Labute approximate surface area is 170 Å². The molecule has 0 fully saturated rings. The molecule has 0 spiro atoms. The van der Waals surface area contributed by atoms with Gasteiger partial charge in [0.2, 0.25) is 0 Å². The van der Waals surface area contributed by atoms with E-state index >= 15 is 0 Å². The molecule has 2 aromatic carbocycles. The molecule has 3 rings (SSSR count). The standard InChI is InChI=1S/C16H12O8S.Na/c1-8(17)13-7-12-14(24-25(19,20)21)10-5-3-4-6-11(10)15(16(12)23-13)22-9(2)18;/h3-7H,1-2H3,(H,19,20,21);/q;+1/p-1. The van der Waals surface area contributed by atoms with Crippen LogP contribution in [0.3, 0.4) is 0 Å². The third-order valence-electron chi connectivity index (χ3n) is 3.38. The van der Waals surface area contributed by atoms with Gasteiger partial charge in [0, 0.05) is 24.6 Å². The molecule has 26 heavy (non-hydrogen) atoms. The molecule has 130 valence electrons. The maximum Gasteiger partial charge on any atom is 1.00 e. The first-order chi connectivity index (χ1) is 11.7. The molecule has 0 aliphatic carbocycles. The van der Waals surface area contributed by atoms with Gasteiger partial charge >= 0.3 is 35.5 Å². The van der Waals surface area contributed by atoms with Crippen LogP contribution in [0.1, 0.15) is 24.4 Å². The van der Waals surface area contributed by atoms with Crippen LogP contribution in [-0.4, -0.2) is 24.7 Å². The Morgan fingerprint density at radius 2 is 1.62 bits per heavy atom. The van der Waals surface area contributed by atoms with Gasteiger partial charge in [0.25, 0.3) is 10.4 Å². The van der Waals surface area contributed by atoms with Crippen molar-refractivity contribution in [3.05, 3.63) is 36.1 Å². The van der Waals surface area contributed by atoms with Crippen LogP contribution in [0, 0.1) is 0 Å². The van der Waals surface area contributed by atoms with E-state index in [9.17, 15) is 22.6 Å². The van der Waals surface area contributed by atoms with Gasteiger partial charge in [-0.15, -0.1) is 0 Å². The molecule has 0 aliphatic rings. The van der Waals surface area contributed by atoms with Crippen molar-refractivity contribution in [2.24, 2.45) is 0 Å². The number of ether oxygens (including phenoxy) is 1. The average molecular weight is 386 g/mol. The molecule has 0 bridgehead atoms. The first kappa shape index (κ1) is 20.4. The Bertz CT molecular complexity index is 1130. The van der Waals surface area contributed by atoms with Gasteiger partial charge in [-0.3, -0.25) is 9.59 Å². The maximum atomic E-state index is 11.6. The van der Waals surface area contributed by atoms with E-state index in [1.165, 1.54) is 32.0 Å². The van der Waals surface area contributed by atoms with Crippen molar-refractivity contribution in [1.29, 1.82) is 0 Å². The molecule has 0 N–H and O–H groups in total. The number of fused-ring (bicyclic) bond motifs is 2. The van der Waals surface area contributed by atoms with E-state index in [1.807, 2.05) is 0 Å². The molecule has 0 unspecified atom stereocenters. The summed E-state index contributed by atoms with van der Waals surface area (Å²) in [5.74, 6) is -1.48. The molecular formula is C16H11NaO8S. The summed E-state index contributed by atoms with van der Waals surface area (Å²) in [5.41, 5.74) is -0.0715. The predicted octanol–water partition coefficient (Wildman–Crippen LogP) is -0.443. The minimum atomic E-state index is -5.09. The second-order valence-corrected chi connectivity index (χ2v) is 6.18. The van der Waals surface area contributed by atoms with Crippen LogP contribution < -0.4 is 38.5 Å². The Morgan fingerprint density at radius 1 is 1.04 bits per heavy atom. The minimum absolute atomic E-state index is 0. The maximum absolute atomic E-state index is 11.6. The topological polar surface area (TPSA) is 123 Å². The molecule has 10 heteroatoms. The monoisotopic (exact) mass is 386 g/mol. The summed E-state index contributed by atoms with van der Waals surface area (Å²) in [6.45, 7) is 2.43. The molecule has 1 aromatic heterocycles. The fourth-order valence-electron chi connectivity index (χ4n) is 2.49. The van der Waals surface area contributed by atoms with Crippen molar-refractivity contribution in [3.8, 4) is 11.5 Å². The van der Waals surface area contributed by atoms with E-state index < -0.39 is 22.2 Å². The van der Waals surface area contributed by atoms with Gasteiger partial charge in [-0.05, 0) is 6.07 Å². The molecule has 0 amide bonds. The molecular weight excluding hydrogens is 375 g/mol. The zero-order chi connectivity index (χ0) is 18.4. The molecule has 0 saturated carbocycles. The van der Waals surface area contributed by atoms with E-state index in [-0.39, 0.29) is 68.6 Å². The summed E-state index contributed by atoms with van der Waals surface area (Å²) in [4.78, 5) is 23.1. The number of carbonyl (C=O) groups is 2. The SMILES string of the molecule is CC(=O)Oc1c2ccccc2c(OS(=O)(=O)[O-])c2cc(C(C)=O)oc12.[Na+]. The first-order valence-electron chi connectivity index (χ1n) is 7.00. The van der Waals surface area contributed by atoms with Crippen LogP contribution in [0.5, 0.6) is 11.5 Å². The number of rotatable bonds is 4. The van der Waals surface area contributed by atoms with E-state index in [1.54, 1.807) is 12.1 Å². The third kappa shape index (κ3) is 3.92. The predicted molar refractivity (Wildman–Crippen MR) is 85.4 cm³/mol. The Kier molecular flexibility index (Phi) is 5.79. The zero-order valence-electron chi connectivity index (χ0n) is 14.1. The van der Waals surface area contributed by atoms with Crippen LogP contribution in [0.4, 0.5) is 0 Å². The zero-order valence-corrected chi connectivity index (χ0v) is 16.9. The van der Waals surface area contributed by atoms with Crippen molar-refractivity contribution in [3.63, 3.8) is 0 Å². The number of hydrogen-bond acceptors (Lipinski definition) is 8. The van der Waals surface area contributed by atoms with Crippen molar-refractivity contribution >= 4 is 43.9 Å². The van der Waals surface area contributed by atoms with Crippen LogP contribution in [0.25, 0.3) is 21.7 Å². The van der Waals surface area contributed by atoms with Gasteiger partial charge in [-0.1, -0.05) is 24.3 Å². The van der Waals surface area contributed by atoms with E-state index in [2.05, 4.69) is 4.18 Å². The molecule has 8 nitrogen and oxygen atoms in total. The summed E-state index contributed by atoms with van der Waals surface area (Å²) < 4.78 is 48.6. The van der Waals surface area contributed by atoms with E-state index in [0.29, 0.717) is 0 Å². The van der Waals surface area contributed by atoms with Gasteiger partial charge in [0.15, 0.2) is 28.6 Å². The molecule has 0 atom stereocenters. The van der Waals surface area contributed by atoms with Gasteiger partial charge < -0.3 is 17.9 Å². The summed E-state index contributed by atoms with van der Waals surface area (Å²) >= 11 is 0. The van der Waals surface area contributed by atoms with Crippen molar-refractivity contribution in [2.75, 3.05) is 0 Å². The summed E-state index contributed by atoms with van der Waals surface area (Å²) in [6.07, 6.45) is 0. The van der Waals surface area contributed by atoms with Gasteiger partial charge in [-0.25, -0.2) is 8.42 Å². The second kappa shape index (κ2) is 7.37. The summed E-state index contributed by atoms with van der Waals surface area (Å²) in [5, 5.41) is 0.523. The Balaban J connectivity index is 0.00000243. The quantitative estimate of drug-likeness (QED) is 0.148. The number of carbonyl (C=O) groups excluding carboxylic acids is 2. The number of ketones is 1. The van der Waals surface area contributed by atoms with E-state index in [4.69, 9.17) is 9.15 Å². The molecule has 0 saturated heterocycles. The number of hydrogen-bond donors (Lipinski definition) is 0. The summed E-state index contributed by atoms with van der Waals surface area (Å²) in [6, 6.07) is 7.46. The average Bonchev–Trinajstić information content (AvgIpc) is 2.94. The van der Waals surface area contributed by atoms with Gasteiger partial charge in [0.1, 0.15) is 0 Å². The number of esters is 1. The molecule has 1 heterocycles. The van der Waals surface area contributed by atoms with Crippen molar-refractivity contribution in [2.45, 2.75) is 13.8 Å². The molecule has 0 radical (unpaired) electrons. The Morgan fingerprint density at radius 3 is 2.12 bits per heavy atom.